The summed E-state index contributed by atoms with van der Waals surface area (Å²) in [6, 6.07) is 24.2. The van der Waals surface area contributed by atoms with E-state index in [0.717, 1.165) is 32.6 Å². The zero-order valence-corrected chi connectivity index (χ0v) is 12.7. The van der Waals surface area contributed by atoms with Gasteiger partial charge in [0.2, 0.25) is 0 Å². The minimum Gasteiger partial charge on any atom is -0.309 e. The number of fused-ring (bicyclic) bond motifs is 3. The molecule has 1 atom stereocenters. The Morgan fingerprint density at radius 1 is 0.714 bits per heavy atom. The van der Waals surface area contributed by atoms with Crippen LogP contribution in [0.4, 0.5) is 0 Å². The van der Waals surface area contributed by atoms with Crippen molar-refractivity contribution in [2.45, 2.75) is 6.92 Å². The Balaban J connectivity index is 2.16. The van der Waals surface area contributed by atoms with Crippen LogP contribution < -0.4 is 15.9 Å². The maximum Gasteiger partial charge on any atom is 0.172 e. The molecule has 4 rings (SSSR count). The van der Waals surface area contributed by atoms with E-state index in [1.54, 1.807) is 0 Å². The summed E-state index contributed by atoms with van der Waals surface area (Å²) in [6.45, 7) is 2.06. The van der Waals surface area contributed by atoms with Crippen LogP contribution in [-0.4, -0.2) is 0 Å². The summed E-state index contributed by atoms with van der Waals surface area (Å²) in [5, 5.41) is 2.91. The summed E-state index contributed by atoms with van der Waals surface area (Å²) in [5.41, 5.74) is 3.34. The van der Waals surface area contributed by atoms with Crippen LogP contribution in [0.15, 0.2) is 72.8 Å². The van der Waals surface area contributed by atoms with Crippen LogP contribution in [-0.2, 0) is 4.57 Å². The molecular formula is C19H15OP. The van der Waals surface area contributed by atoms with Crippen molar-refractivity contribution < 1.29 is 4.57 Å². The first kappa shape index (κ1) is 12.6. The SMILES string of the molecule is Cc1cccc2c1P(=O)(c1ccccc1)c1ccccc1-2. The van der Waals surface area contributed by atoms with Crippen molar-refractivity contribution in [1.29, 1.82) is 0 Å². The van der Waals surface area contributed by atoms with Gasteiger partial charge >= 0.3 is 0 Å². The number of rotatable bonds is 1. The Hall–Kier alpha value is -2.11. The van der Waals surface area contributed by atoms with Crippen LogP contribution in [0.2, 0.25) is 0 Å². The van der Waals surface area contributed by atoms with Crippen molar-refractivity contribution in [3.05, 3.63) is 78.4 Å². The summed E-state index contributed by atoms with van der Waals surface area (Å²) in [4.78, 5) is 0. The van der Waals surface area contributed by atoms with Gasteiger partial charge in [0.25, 0.3) is 0 Å². The number of hydrogen-bond donors (Lipinski definition) is 0. The van der Waals surface area contributed by atoms with Crippen molar-refractivity contribution in [3.8, 4) is 11.1 Å². The highest BCUT2D eigenvalue weighted by atomic mass is 31.2. The van der Waals surface area contributed by atoms with Crippen molar-refractivity contribution >= 4 is 23.1 Å². The monoisotopic (exact) mass is 290 g/mol. The predicted octanol–water partition coefficient (Wildman–Crippen LogP) is 3.61. The van der Waals surface area contributed by atoms with Gasteiger partial charge < -0.3 is 4.57 Å². The molecule has 0 amide bonds. The van der Waals surface area contributed by atoms with E-state index in [0.29, 0.717) is 0 Å². The molecule has 0 saturated carbocycles. The molecule has 1 aliphatic rings. The maximum absolute atomic E-state index is 14.1. The lowest BCUT2D eigenvalue weighted by Gasteiger charge is -2.17. The molecule has 0 bridgehead atoms. The molecular weight excluding hydrogens is 275 g/mol. The molecule has 0 saturated heterocycles. The molecule has 0 fully saturated rings. The highest BCUT2D eigenvalue weighted by molar-refractivity contribution is 7.86. The second-order valence-corrected chi connectivity index (χ2v) is 8.10. The molecule has 0 spiro atoms. The quantitative estimate of drug-likeness (QED) is 0.489. The first-order valence-electron chi connectivity index (χ1n) is 7.09. The standard InChI is InChI=1S/C19H15OP/c1-14-8-7-12-17-16-11-5-6-13-18(16)21(20,19(14)17)15-9-3-2-4-10-15/h2-13H,1H3. The first-order chi connectivity index (χ1) is 10.2. The smallest absolute Gasteiger partial charge is 0.172 e. The minimum absolute atomic E-state index is 0.922. The van der Waals surface area contributed by atoms with Crippen molar-refractivity contribution in [1.82, 2.24) is 0 Å². The summed E-state index contributed by atoms with van der Waals surface area (Å²) in [6.07, 6.45) is 0. The topological polar surface area (TPSA) is 17.1 Å². The molecule has 0 aliphatic carbocycles. The molecule has 2 heteroatoms. The Bertz CT molecular complexity index is 881. The lowest BCUT2D eigenvalue weighted by Crippen LogP contribution is -2.22. The van der Waals surface area contributed by atoms with E-state index in [9.17, 15) is 4.57 Å². The Morgan fingerprint density at radius 2 is 1.38 bits per heavy atom. The highest BCUT2D eigenvalue weighted by Crippen LogP contribution is 2.52. The van der Waals surface area contributed by atoms with Gasteiger partial charge in [-0.1, -0.05) is 72.8 Å². The van der Waals surface area contributed by atoms with Gasteiger partial charge in [-0.2, -0.15) is 0 Å². The lowest BCUT2D eigenvalue weighted by atomic mass is 10.0. The van der Waals surface area contributed by atoms with E-state index in [-0.39, 0.29) is 0 Å². The van der Waals surface area contributed by atoms with E-state index >= 15 is 0 Å². The average Bonchev–Trinajstić information content (AvgIpc) is 2.81. The number of hydrogen-bond acceptors (Lipinski definition) is 1. The molecule has 102 valence electrons. The summed E-state index contributed by atoms with van der Waals surface area (Å²) >= 11 is 0. The van der Waals surface area contributed by atoms with Gasteiger partial charge in [-0.3, -0.25) is 0 Å². The third kappa shape index (κ3) is 1.61. The summed E-state index contributed by atoms with van der Waals surface area (Å²) in [7, 11) is -2.74. The van der Waals surface area contributed by atoms with Gasteiger partial charge in [-0.05, 0) is 23.6 Å². The Kier molecular flexibility index (Phi) is 2.67. The maximum atomic E-state index is 14.1. The van der Waals surface area contributed by atoms with E-state index in [4.69, 9.17) is 0 Å². The van der Waals surface area contributed by atoms with Gasteiger partial charge in [0, 0.05) is 15.9 Å². The second kappa shape index (κ2) is 4.44. The van der Waals surface area contributed by atoms with Gasteiger partial charge in [0.05, 0.1) is 0 Å². The number of benzene rings is 3. The van der Waals surface area contributed by atoms with Crippen LogP contribution in [0.25, 0.3) is 11.1 Å². The van der Waals surface area contributed by atoms with Crippen LogP contribution in [0, 0.1) is 6.92 Å². The van der Waals surface area contributed by atoms with Crippen molar-refractivity contribution in [3.63, 3.8) is 0 Å². The summed E-state index contributed by atoms with van der Waals surface area (Å²) < 4.78 is 14.1. The minimum atomic E-state index is -2.74. The normalized spacial score (nSPS) is 19.1. The van der Waals surface area contributed by atoms with Crippen LogP contribution in [0.1, 0.15) is 5.56 Å². The molecule has 1 unspecified atom stereocenters. The van der Waals surface area contributed by atoms with Gasteiger partial charge in [0.15, 0.2) is 7.14 Å². The molecule has 1 aliphatic heterocycles. The van der Waals surface area contributed by atoms with Crippen molar-refractivity contribution in [2.24, 2.45) is 0 Å². The van der Waals surface area contributed by atoms with E-state index in [1.165, 1.54) is 0 Å². The zero-order valence-electron chi connectivity index (χ0n) is 11.8. The van der Waals surface area contributed by atoms with E-state index in [1.807, 2.05) is 54.6 Å². The molecule has 1 heterocycles. The fourth-order valence-corrected chi connectivity index (χ4v) is 6.60. The molecule has 1 nitrogen and oxygen atoms in total. The van der Waals surface area contributed by atoms with Crippen LogP contribution >= 0.6 is 7.14 Å². The van der Waals surface area contributed by atoms with Crippen LogP contribution in [0.3, 0.4) is 0 Å². The fraction of sp³-hybridized carbons (Fsp3) is 0.0526. The van der Waals surface area contributed by atoms with E-state index < -0.39 is 7.14 Å². The first-order valence-corrected chi connectivity index (χ1v) is 8.79. The summed E-state index contributed by atoms with van der Waals surface area (Å²) in [5.74, 6) is 0. The van der Waals surface area contributed by atoms with Crippen molar-refractivity contribution in [2.75, 3.05) is 0 Å². The third-order valence-corrected chi connectivity index (χ3v) is 7.52. The fourth-order valence-electron chi connectivity index (χ4n) is 3.30. The molecule has 0 aromatic heterocycles. The van der Waals surface area contributed by atoms with E-state index in [2.05, 4.69) is 25.1 Å². The van der Waals surface area contributed by atoms with Crippen LogP contribution in [0.5, 0.6) is 0 Å². The second-order valence-electron chi connectivity index (χ2n) is 5.43. The number of aryl methyl sites for hydroxylation is 1. The van der Waals surface area contributed by atoms with Gasteiger partial charge in [-0.25, -0.2) is 0 Å². The molecule has 0 N–H and O–H groups in total. The zero-order chi connectivity index (χ0) is 14.4. The largest absolute Gasteiger partial charge is 0.309 e. The van der Waals surface area contributed by atoms with Gasteiger partial charge in [-0.15, -0.1) is 0 Å². The Labute approximate surface area is 124 Å². The highest BCUT2D eigenvalue weighted by Gasteiger charge is 2.40. The van der Waals surface area contributed by atoms with Gasteiger partial charge in [0.1, 0.15) is 0 Å². The molecule has 3 aromatic carbocycles. The molecule has 3 aromatic rings. The average molecular weight is 290 g/mol. The Morgan fingerprint density at radius 3 is 2.19 bits per heavy atom. The molecule has 21 heavy (non-hydrogen) atoms. The lowest BCUT2D eigenvalue weighted by molar-refractivity contribution is 0.593. The predicted molar refractivity (Wildman–Crippen MR) is 89.6 cm³/mol. The third-order valence-electron chi connectivity index (χ3n) is 4.21. The molecule has 0 radical (unpaired) electrons.